The minimum atomic E-state index is 0.392. The molecule has 21 heavy (non-hydrogen) atoms. The van der Waals surface area contributed by atoms with Crippen LogP contribution in [0.5, 0.6) is 0 Å². The van der Waals surface area contributed by atoms with E-state index in [0.717, 1.165) is 35.3 Å². The van der Waals surface area contributed by atoms with Crippen molar-refractivity contribution in [2.75, 3.05) is 26.8 Å². The molecule has 0 aliphatic heterocycles. The van der Waals surface area contributed by atoms with Crippen LogP contribution >= 0.6 is 23.2 Å². The lowest BCUT2D eigenvalue weighted by Gasteiger charge is -2.32. The number of hydrogen-bond acceptors (Lipinski definition) is 2. The molecule has 0 aromatic heterocycles. The maximum atomic E-state index is 6.45. The Kier molecular flexibility index (Phi) is 7.31. The Bertz CT molecular complexity index is 413. The quantitative estimate of drug-likeness (QED) is 0.719. The van der Waals surface area contributed by atoms with Crippen molar-refractivity contribution in [2.24, 2.45) is 5.92 Å². The van der Waals surface area contributed by atoms with Crippen LogP contribution in [0.15, 0.2) is 18.2 Å². The van der Waals surface area contributed by atoms with Crippen molar-refractivity contribution in [3.05, 3.63) is 33.8 Å². The van der Waals surface area contributed by atoms with Gasteiger partial charge in [-0.3, -0.25) is 0 Å². The predicted molar refractivity (Wildman–Crippen MR) is 90.5 cm³/mol. The summed E-state index contributed by atoms with van der Waals surface area (Å²) >= 11 is 12.9. The van der Waals surface area contributed by atoms with Gasteiger partial charge in [-0.25, -0.2) is 0 Å². The predicted octanol–water partition coefficient (Wildman–Crippen LogP) is 4.89. The number of halogens is 2. The molecular weight excluding hydrogens is 305 g/mol. The summed E-state index contributed by atoms with van der Waals surface area (Å²) in [6, 6.07) is 5.83. The Labute approximate surface area is 138 Å². The lowest BCUT2D eigenvalue weighted by Crippen LogP contribution is -2.30. The van der Waals surface area contributed by atoms with Gasteiger partial charge in [-0.2, -0.15) is 0 Å². The minimum Gasteiger partial charge on any atom is -0.383 e. The molecule has 2 nitrogen and oxygen atoms in total. The highest BCUT2D eigenvalue weighted by molar-refractivity contribution is 6.36. The molecule has 0 radical (unpaired) electrons. The van der Waals surface area contributed by atoms with Crippen molar-refractivity contribution in [3.63, 3.8) is 0 Å². The first-order valence-corrected chi connectivity index (χ1v) is 8.63. The first kappa shape index (κ1) is 17.1. The van der Waals surface area contributed by atoms with E-state index >= 15 is 0 Å². The van der Waals surface area contributed by atoms with Gasteiger partial charge in [0.15, 0.2) is 0 Å². The van der Waals surface area contributed by atoms with Gasteiger partial charge in [0.2, 0.25) is 0 Å². The topological polar surface area (TPSA) is 21.3 Å². The first-order chi connectivity index (χ1) is 10.2. The Morgan fingerprint density at radius 3 is 2.48 bits per heavy atom. The summed E-state index contributed by atoms with van der Waals surface area (Å²) in [5.41, 5.74) is 1.12. The molecule has 0 saturated heterocycles. The third-order valence-corrected chi connectivity index (χ3v) is 5.10. The van der Waals surface area contributed by atoms with E-state index in [9.17, 15) is 0 Å². The highest BCUT2D eigenvalue weighted by atomic mass is 35.5. The number of ether oxygens (including phenoxy) is 1. The summed E-state index contributed by atoms with van der Waals surface area (Å²) in [6.07, 6.45) is 6.55. The molecule has 1 aromatic carbocycles. The Balaban J connectivity index is 2.13. The van der Waals surface area contributed by atoms with Gasteiger partial charge >= 0.3 is 0 Å². The fourth-order valence-electron chi connectivity index (χ4n) is 3.34. The Morgan fingerprint density at radius 1 is 1.19 bits per heavy atom. The molecule has 1 aromatic rings. The van der Waals surface area contributed by atoms with E-state index in [1.165, 1.54) is 32.1 Å². The van der Waals surface area contributed by atoms with Crippen LogP contribution in [-0.4, -0.2) is 26.8 Å². The van der Waals surface area contributed by atoms with Crippen LogP contribution in [0.3, 0.4) is 0 Å². The van der Waals surface area contributed by atoms with Gasteiger partial charge in [0.05, 0.1) is 6.61 Å². The van der Waals surface area contributed by atoms with Crippen LogP contribution in [-0.2, 0) is 4.74 Å². The molecular formula is C17H25Cl2NO. The number of nitrogens with one attached hydrogen (secondary N) is 1. The van der Waals surface area contributed by atoms with E-state index in [1.54, 1.807) is 7.11 Å². The molecule has 1 aliphatic rings. The number of methoxy groups -OCH3 is 1. The fraction of sp³-hybridized carbons (Fsp3) is 0.647. The summed E-state index contributed by atoms with van der Waals surface area (Å²) in [5.74, 6) is 1.06. The molecule has 0 bridgehead atoms. The second-order valence-corrected chi connectivity index (χ2v) is 6.65. The average Bonchev–Trinajstić information content (AvgIpc) is 2.50. The molecule has 1 saturated carbocycles. The van der Waals surface area contributed by atoms with E-state index in [0.29, 0.717) is 11.8 Å². The summed E-state index contributed by atoms with van der Waals surface area (Å²) in [6.45, 7) is 2.51. The lowest BCUT2D eigenvalue weighted by molar-refractivity contribution is 0.196. The molecule has 1 N–H and O–H groups in total. The summed E-state index contributed by atoms with van der Waals surface area (Å²) in [5, 5.41) is 5.09. The van der Waals surface area contributed by atoms with Crippen LogP contribution < -0.4 is 5.32 Å². The summed E-state index contributed by atoms with van der Waals surface area (Å²) < 4.78 is 5.11. The first-order valence-electron chi connectivity index (χ1n) is 7.87. The van der Waals surface area contributed by atoms with Crippen molar-refractivity contribution >= 4 is 23.2 Å². The van der Waals surface area contributed by atoms with Crippen molar-refractivity contribution in [1.82, 2.24) is 5.32 Å². The molecule has 1 aliphatic carbocycles. The molecule has 1 unspecified atom stereocenters. The van der Waals surface area contributed by atoms with Gasteiger partial charge in [-0.1, -0.05) is 48.5 Å². The number of rotatable bonds is 7. The van der Waals surface area contributed by atoms with Gasteiger partial charge in [-0.15, -0.1) is 0 Å². The van der Waals surface area contributed by atoms with E-state index < -0.39 is 0 Å². The van der Waals surface area contributed by atoms with Crippen molar-refractivity contribution in [1.29, 1.82) is 0 Å². The highest BCUT2D eigenvalue weighted by Gasteiger charge is 2.27. The van der Waals surface area contributed by atoms with Gasteiger partial charge < -0.3 is 10.1 Å². The third kappa shape index (κ3) is 4.85. The van der Waals surface area contributed by atoms with Crippen molar-refractivity contribution < 1.29 is 4.74 Å². The third-order valence-electron chi connectivity index (χ3n) is 4.44. The molecule has 1 atom stereocenters. The zero-order valence-corrected chi connectivity index (χ0v) is 14.2. The normalized spacial score (nSPS) is 17.9. The molecule has 0 amide bonds. The Morgan fingerprint density at radius 2 is 1.86 bits per heavy atom. The van der Waals surface area contributed by atoms with Crippen molar-refractivity contribution in [3.8, 4) is 0 Å². The van der Waals surface area contributed by atoms with Gasteiger partial charge in [0.25, 0.3) is 0 Å². The van der Waals surface area contributed by atoms with Crippen molar-refractivity contribution in [2.45, 2.75) is 38.0 Å². The minimum absolute atomic E-state index is 0.392. The van der Waals surface area contributed by atoms with E-state index in [-0.39, 0.29) is 0 Å². The summed E-state index contributed by atoms with van der Waals surface area (Å²) in [7, 11) is 1.73. The monoisotopic (exact) mass is 329 g/mol. The lowest BCUT2D eigenvalue weighted by atomic mass is 9.76. The van der Waals surface area contributed by atoms with Crippen LogP contribution in [0.1, 0.15) is 43.6 Å². The van der Waals surface area contributed by atoms with Crippen LogP contribution in [0, 0.1) is 5.92 Å². The zero-order valence-electron chi connectivity index (χ0n) is 12.7. The maximum absolute atomic E-state index is 6.45. The molecule has 2 rings (SSSR count). The second-order valence-electron chi connectivity index (χ2n) is 5.84. The molecule has 0 heterocycles. The standard InChI is InChI=1S/C17H25Cl2NO/c1-21-11-10-20-12-14(13-6-3-2-4-7-13)17-15(18)8-5-9-16(17)19/h5,8-9,13-14,20H,2-4,6-7,10-12H2,1H3. The van der Waals surface area contributed by atoms with E-state index in [4.69, 9.17) is 27.9 Å². The fourth-order valence-corrected chi connectivity index (χ4v) is 4.02. The average molecular weight is 330 g/mol. The largest absolute Gasteiger partial charge is 0.383 e. The summed E-state index contributed by atoms with van der Waals surface area (Å²) in [4.78, 5) is 0. The number of benzene rings is 1. The highest BCUT2D eigenvalue weighted by Crippen LogP contribution is 2.41. The number of hydrogen-bond donors (Lipinski definition) is 1. The second kappa shape index (κ2) is 8.99. The molecule has 1 fully saturated rings. The van der Waals surface area contributed by atoms with Gasteiger partial charge in [0.1, 0.15) is 0 Å². The van der Waals surface area contributed by atoms with Gasteiger partial charge in [0, 0.05) is 36.2 Å². The van der Waals surface area contributed by atoms with Crippen LogP contribution in [0.2, 0.25) is 10.0 Å². The Hall–Kier alpha value is -0.280. The van der Waals surface area contributed by atoms with E-state index in [2.05, 4.69) is 5.32 Å². The van der Waals surface area contributed by atoms with E-state index in [1.807, 2.05) is 18.2 Å². The van der Waals surface area contributed by atoms with Crippen LogP contribution in [0.25, 0.3) is 0 Å². The molecule has 0 spiro atoms. The maximum Gasteiger partial charge on any atom is 0.0587 e. The zero-order chi connectivity index (χ0) is 15.1. The SMILES string of the molecule is COCCNCC(c1c(Cl)cccc1Cl)C1CCCCC1. The van der Waals surface area contributed by atoms with Crippen LogP contribution in [0.4, 0.5) is 0 Å². The molecule has 118 valence electrons. The van der Waals surface area contributed by atoms with Gasteiger partial charge in [-0.05, 0) is 36.5 Å². The molecule has 4 heteroatoms. The smallest absolute Gasteiger partial charge is 0.0587 e.